The van der Waals surface area contributed by atoms with Crippen molar-refractivity contribution >= 4 is 11.6 Å². The summed E-state index contributed by atoms with van der Waals surface area (Å²) < 4.78 is 0. The number of nitrogens with one attached hydrogen (secondary N) is 1. The Morgan fingerprint density at radius 2 is 1.26 bits per heavy atom. The molecule has 3 heteroatoms. The van der Waals surface area contributed by atoms with Gasteiger partial charge in [0.05, 0.1) is 5.56 Å². The fourth-order valence-corrected chi connectivity index (χ4v) is 4.11. The molecule has 0 aliphatic rings. The summed E-state index contributed by atoms with van der Waals surface area (Å²) in [5.41, 5.74) is 2.07. The average molecular weight is 424 g/mol. The van der Waals surface area contributed by atoms with Gasteiger partial charge in [-0.1, -0.05) is 114 Å². The number of rotatable bonds is 16. The van der Waals surface area contributed by atoms with Crippen molar-refractivity contribution in [3.63, 3.8) is 0 Å². The van der Waals surface area contributed by atoms with Crippen LogP contribution in [-0.2, 0) is 6.42 Å². The van der Waals surface area contributed by atoms with Gasteiger partial charge < -0.3 is 10.4 Å². The quantitative estimate of drug-likeness (QED) is 0.267. The molecule has 2 N–H and O–H groups in total. The second-order valence-corrected chi connectivity index (χ2v) is 8.62. The highest BCUT2D eigenvalue weighted by molar-refractivity contribution is 6.07. The molecule has 0 aliphatic carbocycles. The van der Waals surface area contributed by atoms with Crippen LogP contribution in [0.25, 0.3) is 0 Å². The van der Waals surface area contributed by atoms with E-state index < -0.39 is 0 Å². The Hall–Kier alpha value is -2.29. The maximum absolute atomic E-state index is 12.7. The van der Waals surface area contributed by atoms with Gasteiger partial charge in [0, 0.05) is 5.69 Å². The number of hydrogen-bond acceptors (Lipinski definition) is 2. The van der Waals surface area contributed by atoms with E-state index in [-0.39, 0.29) is 11.7 Å². The minimum Gasteiger partial charge on any atom is -0.507 e. The fourth-order valence-electron chi connectivity index (χ4n) is 4.11. The smallest absolute Gasteiger partial charge is 0.259 e. The van der Waals surface area contributed by atoms with Crippen molar-refractivity contribution in [2.24, 2.45) is 0 Å². The van der Waals surface area contributed by atoms with E-state index in [1.54, 1.807) is 6.07 Å². The molecule has 0 radical (unpaired) electrons. The molecule has 0 spiro atoms. The summed E-state index contributed by atoms with van der Waals surface area (Å²) in [7, 11) is 0. The van der Waals surface area contributed by atoms with Crippen molar-refractivity contribution in [2.75, 3.05) is 5.32 Å². The number of benzene rings is 2. The number of carbonyl (C=O) groups excluding carboxylic acids is 1. The number of amides is 1. The lowest BCUT2D eigenvalue weighted by Crippen LogP contribution is -2.14. The predicted molar refractivity (Wildman–Crippen MR) is 132 cm³/mol. The van der Waals surface area contributed by atoms with Crippen LogP contribution in [0.5, 0.6) is 5.75 Å². The summed E-state index contributed by atoms with van der Waals surface area (Å²) >= 11 is 0. The minimum atomic E-state index is -0.242. The van der Waals surface area contributed by atoms with Gasteiger partial charge in [-0.3, -0.25) is 4.79 Å². The van der Waals surface area contributed by atoms with Crippen molar-refractivity contribution in [1.82, 2.24) is 0 Å². The minimum absolute atomic E-state index is 0.0561. The van der Waals surface area contributed by atoms with Crippen LogP contribution in [0.3, 0.4) is 0 Å². The predicted octanol–water partition coefficient (Wildman–Crippen LogP) is 8.28. The zero-order valence-electron chi connectivity index (χ0n) is 19.4. The molecule has 0 aromatic heterocycles. The highest BCUT2D eigenvalue weighted by atomic mass is 16.3. The molecule has 0 saturated heterocycles. The molecule has 0 atom stereocenters. The van der Waals surface area contributed by atoms with E-state index in [4.69, 9.17) is 0 Å². The fraction of sp³-hybridized carbons (Fsp3) is 0.536. The molecule has 2 aromatic carbocycles. The SMILES string of the molecule is CCCCCCCCCCCCCCCc1cccc(O)c1C(=O)Nc1ccccc1. The summed E-state index contributed by atoms with van der Waals surface area (Å²) in [6.45, 7) is 2.27. The number of para-hydroxylation sites is 1. The summed E-state index contributed by atoms with van der Waals surface area (Å²) in [6.07, 6.45) is 18.0. The van der Waals surface area contributed by atoms with Crippen LogP contribution < -0.4 is 5.32 Å². The van der Waals surface area contributed by atoms with Crippen LogP contribution in [0.4, 0.5) is 5.69 Å². The van der Waals surface area contributed by atoms with Crippen molar-refractivity contribution in [3.8, 4) is 5.75 Å². The highest BCUT2D eigenvalue weighted by Crippen LogP contribution is 2.24. The van der Waals surface area contributed by atoms with Gasteiger partial charge in [0.25, 0.3) is 5.91 Å². The van der Waals surface area contributed by atoms with Crippen LogP contribution in [0.1, 0.15) is 106 Å². The Bertz CT molecular complexity index is 742. The molecular weight excluding hydrogens is 382 g/mol. The molecule has 31 heavy (non-hydrogen) atoms. The molecule has 2 aromatic rings. The molecule has 0 aliphatic heterocycles. The van der Waals surface area contributed by atoms with Gasteiger partial charge in [0.1, 0.15) is 5.75 Å². The largest absolute Gasteiger partial charge is 0.507 e. The molecule has 2 rings (SSSR count). The number of hydrogen-bond donors (Lipinski definition) is 2. The Labute approximate surface area is 189 Å². The molecule has 0 unspecified atom stereocenters. The Morgan fingerprint density at radius 3 is 1.84 bits per heavy atom. The molecule has 0 fully saturated rings. The summed E-state index contributed by atoms with van der Waals surface area (Å²) in [5, 5.41) is 13.2. The van der Waals surface area contributed by atoms with Gasteiger partial charge in [-0.25, -0.2) is 0 Å². The molecule has 170 valence electrons. The molecule has 0 bridgehead atoms. The number of phenols is 1. The van der Waals surface area contributed by atoms with Crippen LogP contribution in [0.2, 0.25) is 0 Å². The van der Waals surface area contributed by atoms with Crippen LogP contribution >= 0.6 is 0 Å². The van der Waals surface area contributed by atoms with E-state index in [0.717, 1.165) is 24.1 Å². The first-order valence-electron chi connectivity index (χ1n) is 12.4. The lowest BCUT2D eigenvalue weighted by atomic mass is 9.98. The van der Waals surface area contributed by atoms with Crippen LogP contribution in [0.15, 0.2) is 48.5 Å². The highest BCUT2D eigenvalue weighted by Gasteiger charge is 2.16. The van der Waals surface area contributed by atoms with E-state index in [9.17, 15) is 9.90 Å². The monoisotopic (exact) mass is 423 g/mol. The number of unbranched alkanes of at least 4 members (excludes halogenated alkanes) is 12. The second kappa shape index (κ2) is 15.5. The molecular formula is C28H41NO2. The van der Waals surface area contributed by atoms with Crippen LogP contribution in [0, 0.1) is 0 Å². The van der Waals surface area contributed by atoms with Crippen molar-refractivity contribution in [3.05, 3.63) is 59.7 Å². The average Bonchev–Trinajstić information content (AvgIpc) is 2.77. The molecule has 3 nitrogen and oxygen atoms in total. The van der Waals surface area contributed by atoms with E-state index in [1.165, 1.54) is 77.0 Å². The van der Waals surface area contributed by atoms with E-state index in [2.05, 4.69) is 12.2 Å². The first kappa shape index (κ1) is 25.0. The number of aryl methyl sites for hydroxylation is 1. The van der Waals surface area contributed by atoms with E-state index in [1.807, 2.05) is 42.5 Å². The van der Waals surface area contributed by atoms with Crippen molar-refractivity contribution in [2.45, 2.75) is 96.8 Å². The number of carbonyl (C=O) groups is 1. The number of anilines is 1. The summed E-state index contributed by atoms with van der Waals surface area (Å²) in [4.78, 5) is 12.7. The van der Waals surface area contributed by atoms with Gasteiger partial charge in [-0.05, 0) is 36.6 Å². The van der Waals surface area contributed by atoms with Crippen molar-refractivity contribution in [1.29, 1.82) is 0 Å². The zero-order valence-corrected chi connectivity index (χ0v) is 19.4. The number of phenolic OH excluding ortho intramolecular Hbond substituents is 1. The molecule has 0 saturated carbocycles. The molecule has 1 amide bonds. The maximum Gasteiger partial charge on any atom is 0.259 e. The lowest BCUT2D eigenvalue weighted by Gasteiger charge is -2.12. The lowest BCUT2D eigenvalue weighted by molar-refractivity contribution is 0.102. The van der Waals surface area contributed by atoms with Crippen LogP contribution in [-0.4, -0.2) is 11.0 Å². The zero-order chi connectivity index (χ0) is 22.2. The topological polar surface area (TPSA) is 49.3 Å². The summed E-state index contributed by atoms with van der Waals surface area (Å²) in [6, 6.07) is 14.8. The van der Waals surface area contributed by atoms with Gasteiger partial charge in [-0.2, -0.15) is 0 Å². The third-order valence-corrected chi connectivity index (χ3v) is 5.94. The summed E-state index contributed by atoms with van der Waals surface area (Å²) in [5.74, 6) is -0.186. The van der Waals surface area contributed by atoms with E-state index in [0.29, 0.717) is 5.56 Å². The Balaban J connectivity index is 1.63. The Kier molecular flexibility index (Phi) is 12.5. The molecule has 0 heterocycles. The van der Waals surface area contributed by atoms with Gasteiger partial charge in [0.15, 0.2) is 0 Å². The van der Waals surface area contributed by atoms with E-state index >= 15 is 0 Å². The second-order valence-electron chi connectivity index (χ2n) is 8.62. The Morgan fingerprint density at radius 1 is 0.710 bits per heavy atom. The standard InChI is InChI=1S/C28H41NO2/c1-2-3-4-5-6-7-8-9-10-11-12-13-15-19-24-20-18-23-26(30)27(24)28(31)29-25-21-16-14-17-22-25/h14,16-18,20-23,30H,2-13,15,19H2,1H3,(H,29,31). The number of aromatic hydroxyl groups is 1. The third kappa shape index (κ3) is 10.0. The first-order valence-corrected chi connectivity index (χ1v) is 12.4. The first-order chi connectivity index (χ1) is 15.2. The normalized spacial score (nSPS) is 10.9. The van der Waals surface area contributed by atoms with Gasteiger partial charge >= 0.3 is 0 Å². The van der Waals surface area contributed by atoms with Crippen molar-refractivity contribution < 1.29 is 9.90 Å². The van der Waals surface area contributed by atoms with Gasteiger partial charge in [-0.15, -0.1) is 0 Å². The third-order valence-electron chi connectivity index (χ3n) is 5.94. The van der Waals surface area contributed by atoms with Gasteiger partial charge in [0.2, 0.25) is 0 Å². The maximum atomic E-state index is 12.7.